The Balaban J connectivity index is 2.73. The van der Waals surface area contributed by atoms with Gasteiger partial charge in [0.15, 0.2) is 6.29 Å². The van der Waals surface area contributed by atoms with Crippen molar-refractivity contribution in [2.75, 3.05) is 6.61 Å². The number of ether oxygens (including phenoxy) is 1. The molecule has 0 radical (unpaired) electrons. The van der Waals surface area contributed by atoms with E-state index < -0.39 is 49.5 Å². The molecular formula is C8H16O8. The topological polar surface area (TPSA) is 151 Å². The van der Waals surface area contributed by atoms with Crippen molar-refractivity contribution in [1.29, 1.82) is 0 Å². The molecule has 1 rings (SSSR count). The highest BCUT2D eigenvalue weighted by atomic mass is 16.6. The van der Waals surface area contributed by atoms with E-state index in [1.807, 2.05) is 0 Å². The van der Waals surface area contributed by atoms with Gasteiger partial charge in [0.2, 0.25) is 0 Å². The zero-order valence-electron chi connectivity index (χ0n) is 8.29. The van der Waals surface area contributed by atoms with Crippen molar-refractivity contribution in [3.8, 4) is 0 Å². The van der Waals surface area contributed by atoms with Gasteiger partial charge in [0, 0.05) is 0 Å². The number of rotatable bonds is 3. The molecule has 1 fully saturated rings. The van der Waals surface area contributed by atoms with Gasteiger partial charge >= 0.3 is 0 Å². The summed E-state index contributed by atoms with van der Waals surface area (Å²) in [4.78, 5) is 0. The van der Waals surface area contributed by atoms with Crippen molar-refractivity contribution in [2.45, 2.75) is 42.9 Å². The molecule has 0 aromatic heterocycles. The highest BCUT2D eigenvalue weighted by Crippen LogP contribution is 2.23. The zero-order valence-corrected chi connectivity index (χ0v) is 8.29. The minimum Gasteiger partial charge on any atom is -0.394 e. The van der Waals surface area contributed by atoms with E-state index in [1.54, 1.807) is 0 Å². The molecule has 8 heteroatoms. The molecule has 0 amide bonds. The van der Waals surface area contributed by atoms with Crippen LogP contribution in [0.25, 0.3) is 0 Å². The monoisotopic (exact) mass is 240 g/mol. The Morgan fingerprint density at radius 2 is 1.50 bits per heavy atom. The predicted molar refractivity (Wildman–Crippen MR) is 48.0 cm³/mol. The van der Waals surface area contributed by atoms with Gasteiger partial charge < -0.3 is 40.5 Å². The van der Waals surface area contributed by atoms with E-state index in [9.17, 15) is 15.3 Å². The summed E-state index contributed by atoms with van der Waals surface area (Å²) in [6.45, 7) is -0.775. The van der Waals surface area contributed by atoms with Crippen LogP contribution in [0.4, 0.5) is 0 Å². The average Bonchev–Trinajstić information content (AvgIpc) is 2.29. The van der Waals surface area contributed by atoms with Crippen molar-refractivity contribution in [3.63, 3.8) is 0 Å². The fourth-order valence-corrected chi connectivity index (χ4v) is 1.50. The lowest BCUT2D eigenvalue weighted by atomic mass is 9.93. The van der Waals surface area contributed by atoms with Gasteiger partial charge in [-0.1, -0.05) is 0 Å². The van der Waals surface area contributed by atoms with Crippen molar-refractivity contribution in [3.05, 3.63) is 0 Å². The summed E-state index contributed by atoms with van der Waals surface area (Å²) in [7, 11) is 0. The third kappa shape index (κ3) is 2.50. The van der Waals surface area contributed by atoms with E-state index in [-0.39, 0.29) is 0 Å². The van der Waals surface area contributed by atoms with Gasteiger partial charge in [-0.05, 0) is 0 Å². The summed E-state index contributed by atoms with van der Waals surface area (Å²) in [5, 5.41) is 64.1. The van der Waals surface area contributed by atoms with Crippen LogP contribution in [0.2, 0.25) is 0 Å². The molecule has 0 saturated carbocycles. The first kappa shape index (κ1) is 13.7. The van der Waals surface area contributed by atoms with Crippen molar-refractivity contribution < 1.29 is 40.5 Å². The molecule has 16 heavy (non-hydrogen) atoms. The number of hydrogen-bond donors (Lipinski definition) is 7. The fraction of sp³-hybridized carbons (Fsp3) is 1.00. The second-order valence-electron chi connectivity index (χ2n) is 3.70. The van der Waals surface area contributed by atoms with Crippen LogP contribution in [-0.4, -0.2) is 85.3 Å². The zero-order chi connectivity index (χ0) is 12.5. The van der Waals surface area contributed by atoms with E-state index in [2.05, 4.69) is 4.74 Å². The Bertz CT molecular complexity index is 220. The highest BCUT2D eigenvalue weighted by Gasteiger charge is 2.47. The Morgan fingerprint density at radius 1 is 0.938 bits per heavy atom. The maximum absolute atomic E-state index is 9.44. The molecule has 96 valence electrons. The summed E-state index contributed by atoms with van der Waals surface area (Å²) >= 11 is 0. The number of aliphatic hydroxyl groups excluding tert-OH is 7. The van der Waals surface area contributed by atoms with Crippen LogP contribution in [0.5, 0.6) is 0 Å². The maximum atomic E-state index is 9.44. The summed E-state index contributed by atoms with van der Waals surface area (Å²) in [6.07, 6.45) is -11.7. The Hall–Kier alpha value is -0.320. The predicted octanol–water partition coefficient (Wildman–Crippen LogP) is -4.50. The molecular weight excluding hydrogens is 224 g/mol. The standard InChI is InChI=1S/C8H16O8/c9-1-2(10)3(11)7-5(13)4(12)6(14)8(15)16-7/h2-15H,1H2/t2?,3?,4-,5-,6-,7+,8-/m0/s1. The molecule has 1 saturated heterocycles. The van der Waals surface area contributed by atoms with Gasteiger partial charge in [-0.25, -0.2) is 0 Å². The average molecular weight is 240 g/mol. The van der Waals surface area contributed by atoms with Crippen LogP contribution in [0.15, 0.2) is 0 Å². The lowest BCUT2D eigenvalue weighted by Crippen LogP contribution is -2.62. The molecule has 1 aliphatic heterocycles. The largest absolute Gasteiger partial charge is 0.394 e. The molecule has 7 N–H and O–H groups in total. The van der Waals surface area contributed by atoms with E-state index in [1.165, 1.54) is 0 Å². The van der Waals surface area contributed by atoms with Crippen molar-refractivity contribution in [1.82, 2.24) is 0 Å². The second-order valence-corrected chi connectivity index (χ2v) is 3.70. The lowest BCUT2D eigenvalue weighted by Gasteiger charge is -2.40. The summed E-state index contributed by atoms with van der Waals surface area (Å²) in [6, 6.07) is 0. The molecule has 1 aliphatic rings. The molecule has 8 nitrogen and oxygen atoms in total. The molecule has 2 unspecified atom stereocenters. The molecule has 1 heterocycles. The smallest absolute Gasteiger partial charge is 0.184 e. The Kier molecular flexibility index (Phi) is 4.59. The van der Waals surface area contributed by atoms with Crippen LogP contribution in [0.3, 0.4) is 0 Å². The molecule has 0 bridgehead atoms. The first-order valence-corrected chi connectivity index (χ1v) is 4.75. The van der Waals surface area contributed by atoms with Gasteiger partial charge in [-0.15, -0.1) is 0 Å². The van der Waals surface area contributed by atoms with Crippen LogP contribution in [-0.2, 0) is 4.74 Å². The van der Waals surface area contributed by atoms with E-state index in [0.29, 0.717) is 0 Å². The minimum atomic E-state index is -1.79. The van der Waals surface area contributed by atoms with Crippen LogP contribution < -0.4 is 0 Å². The molecule has 0 aromatic rings. The van der Waals surface area contributed by atoms with E-state index in [4.69, 9.17) is 20.4 Å². The SMILES string of the molecule is OCC(O)C(O)[C@H]1O[C@H](O)[C@@H](O)[C@@H](O)[C@@H]1O. The fourth-order valence-electron chi connectivity index (χ4n) is 1.50. The highest BCUT2D eigenvalue weighted by molar-refractivity contribution is 4.93. The normalized spacial score (nSPS) is 44.1. The third-order valence-corrected chi connectivity index (χ3v) is 2.54. The Morgan fingerprint density at radius 3 is 2.00 bits per heavy atom. The van der Waals surface area contributed by atoms with Crippen LogP contribution >= 0.6 is 0 Å². The lowest BCUT2D eigenvalue weighted by molar-refractivity contribution is -0.303. The van der Waals surface area contributed by atoms with Crippen LogP contribution in [0, 0.1) is 0 Å². The summed E-state index contributed by atoms with van der Waals surface area (Å²) in [5.74, 6) is 0. The molecule has 7 atom stereocenters. The van der Waals surface area contributed by atoms with Crippen molar-refractivity contribution in [2.24, 2.45) is 0 Å². The third-order valence-electron chi connectivity index (χ3n) is 2.54. The summed E-state index contributed by atoms with van der Waals surface area (Å²) < 4.78 is 4.64. The molecule has 0 aliphatic carbocycles. The minimum absolute atomic E-state index is 0.775. The second kappa shape index (κ2) is 5.34. The van der Waals surface area contributed by atoms with Gasteiger partial charge in [-0.2, -0.15) is 0 Å². The Labute approximate surface area is 91.0 Å². The number of aliphatic hydroxyl groups is 7. The first-order valence-electron chi connectivity index (χ1n) is 4.75. The number of hydrogen-bond acceptors (Lipinski definition) is 8. The van der Waals surface area contributed by atoms with E-state index >= 15 is 0 Å². The van der Waals surface area contributed by atoms with Gasteiger partial charge in [0.05, 0.1) is 6.61 Å². The van der Waals surface area contributed by atoms with Gasteiger partial charge in [0.25, 0.3) is 0 Å². The maximum Gasteiger partial charge on any atom is 0.184 e. The molecule has 0 aromatic carbocycles. The van der Waals surface area contributed by atoms with Gasteiger partial charge in [-0.3, -0.25) is 0 Å². The van der Waals surface area contributed by atoms with Crippen molar-refractivity contribution >= 4 is 0 Å². The first-order chi connectivity index (χ1) is 7.40. The van der Waals surface area contributed by atoms with E-state index in [0.717, 1.165) is 0 Å². The van der Waals surface area contributed by atoms with Gasteiger partial charge in [0.1, 0.15) is 36.6 Å². The quantitative estimate of drug-likeness (QED) is 0.261. The summed E-state index contributed by atoms with van der Waals surface area (Å²) in [5.41, 5.74) is 0. The molecule has 0 spiro atoms. The van der Waals surface area contributed by atoms with Crippen LogP contribution in [0.1, 0.15) is 0 Å².